The van der Waals surface area contributed by atoms with E-state index in [9.17, 15) is 4.79 Å². The summed E-state index contributed by atoms with van der Waals surface area (Å²) in [5.74, 6) is 6.91. The zero-order valence-electron chi connectivity index (χ0n) is 20.1. The molecule has 3 heterocycles. The molecule has 0 aliphatic carbocycles. The number of hydrogen-bond acceptors (Lipinski definition) is 4. The molecule has 1 atom stereocenters. The SMILES string of the molecule is CC(C)(C)C#Cc1ccc(-c2ccc3c(c2)CCn2c-3cc(OCC3CCCO3)nc2=O)cc1. The molecule has 0 bridgehead atoms. The van der Waals surface area contributed by atoms with Crippen molar-refractivity contribution in [3.63, 3.8) is 0 Å². The quantitative estimate of drug-likeness (QED) is 0.516. The van der Waals surface area contributed by atoms with Crippen molar-refractivity contribution in [3.8, 4) is 40.1 Å². The molecule has 3 aromatic rings. The summed E-state index contributed by atoms with van der Waals surface area (Å²) in [5, 5.41) is 0. The average Bonchev–Trinajstić information content (AvgIpc) is 3.35. The van der Waals surface area contributed by atoms with Gasteiger partial charge in [-0.1, -0.05) is 42.2 Å². The summed E-state index contributed by atoms with van der Waals surface area (Å²) in [6.07, 6.45) is 2.92. The number of aryl methyl sites for hydroxylation is 1. The van der Waals surface area contributed by atoms with Gasteiger partial charge in [-0.25, -0.2) is 4.79 Å². The van der Waals surface area contributed by atoms with Crippen molar-refractivity contribution in [1.29, 1.82) is 0 Å². The van der Waals surface area contributed by atoms with Gasteiger partial charge in [-0.05, 0) is 68.9 Å². The smallest absolute Gasteiger partial charge is 0.351 e. The topological polar surface area (TPSA) is 53.4 Å². The second-order valence-electron chi connectivity index (χ2n) is 10.1. The summed E-state index contributed by atoms with van der Waals surface area (Å²) in [5.41, 5.74) is 6.21. The standard InChI is InChI=1S/C29H30N2O3/c1-29(2,3)14-12-20-6-8-21(9-7-20)22-10-11-25-23(17-22)13-15-31-26(25)18-27(30-28(31)32)34-19-24-5-4-16-33-24/h6-11,17-18,24H,4-5,13,15-16,19H2,1-3H3. The summed E-state index contributed by atoms with van der Waals surface area (Å²) < 4.78 is 13.2. The Bertz CT molecular complexity index is 1310. The number of nitrogens with zero attached hydrogens (tertiary/aromatic N) is 2. The maximum absolute atomic E-state index is 12.7. The minimum atomic E-state index is -0.262. The minimum absolute atomic E-state index is 0.0138. The van der Waals surface area contributed by atoms with Crippen LogP contribution in [0.1, 0.15) is 44.7 Å². The predicted octanol–water partition coefficient (Wildman–Crippen LogP) is 5.09. The number of ether oxygens (including phenoxy) is 2. The molecular weight excluding hydrogens is 424 g/mol. The van der Waals surface area contributed by atoms with Crippen LogP contribution in [-0.4, -0.2) is 28.9 Å². The molecule has 174 valence electrons. The van der Waals surface area contributed by atoms with E-state index in [4.69, 9.17) is 9.47 Å². The monoisotopic (exact) mass is 454 g/mol. The first-order valence-corrected chi connectivity index (χ1v) is 12.0. The Morgan fingerprint density at radius 1 is 1.12 bits per heavy atom. The fourth-order valence-electron chi connectivity index (χ4n) is 4.42. The second-order valence-corrected chi connectivity index (χ2v) is 10.1. The van der Waals surface area contributed by atoms with Crippen LogP contribution in [-0.2, 0) is 17.7 Å². The third-order valence-electron chi connectivity index (χ3n) is 6.21. The molecule has 5 nitrogen and oxygen atoms in total. The Morgan fingerprint density at radius 2 is 1.91 bits per heavy atom. The van der Waals surface area contributed by atoms with Crippen molar-refractivity contribution in [2.24, 2.45) is 5.41 Å². The van der Waals surface area contributed by atoms with Gasteiger partial charge in [-0.3, -0.25) is 4.57 Å². The highest BCUT2D eigenvalue weighted by Crippen LogP contribution is 2.33. The highest BCUT2D eigenvalue weighted by atomic mass is 16.5. The lowest BCUT2D eigenvalue weighted by Crippen LogP contribution is -2.29. The molecule has 0 radical (unpaired) electrons. The number of fused-ring (bicyclic) bond motifs is 3. The number of aromatic nitrogens is 2. The molecule has 2 aliphatic rings. The predicted molar refractivity (Wildman–Crippen MR) is 134 cm³/mol. The van der Waals surface area contributed by atoms with Gasteiger partial charge >= 0.3 is 5.69 Å². The minimum Gasteiger partial charge on any atom is -0.475 e. The van der Waals surface area contributed by atoms with E-state index < -0.39 is 0 Å². The Kier molecular flexibility index (Phi) is 6.02. The lowest BCUT2D eigenvalue weighted by molar-refractivity contribution is 0.0661. The molecule has 1 fully saturated rings. The maximum atomic E-state index is 12.7. The van der Waals surface area contributed by atoms with Gasteiger partial charge in [0.25, 0.3) is 0 Å². The fraction of sp³-hybridized carbons (Fsp3) is 0.379. The number of benzene rings is 2. The van der Waals surface area contributed by atoms with Crippen molar-refractivity contribution >= 4 is 0 Å². The molecule has 1 saturated heterocycles. The highest BCUT2D eigenvalue weighted by Gasteiger charge is 2.21. The van der Waals surface area contributed by atoms with Gasteiger partial charge in [0, 0.05) is 35.8 Å². The summed E-state index contributed by atoms with van der Waals surface area (Å²) in [6, 6.07) is 16.7. The zero-order chi connectivity index (χ0) is 23.7. The van der Waals surface area contributed by atoms with Crippen LogP contribution >= 0.6 is 0 Å². The first kappa shape index (κ1) is 22.4. The Balaban J connectivity index is 1.40. The van der Waals surface area contributed by atoms with E-state index in [-0.39, 0.29) is 17.2 Å². The van der Waals surface area contributed by atoms with Crippen molar-refractivity contribution in [3.05, 3.63) is 70.1 Å². The summed E-state index contributed by atoms with van der Waals surface area (Å²) in [7, 11) is 0. The van der Waals surface area contributed by atoms with Crippen molar-refractivity contribution < 1.29 is 9.47 Å². The van der Waals surface area contributed by atoms with E-state index in [1.54, 1.807) is 4.57 Å². The molecule has 1 unspecified atom stereocenters. The van der Waals surface area contributed by atoms with E-state index >= 15 is 0 Å². The molecule has 0 amide bonds. The van der Waals surface area contributed by atoms with E-state index in [2.05, 4.69) is 80.1 Å². The van der Waals surface area contributed by atoms with Gasteiger partial charge in [0.15, 0.2) is 0 Å². The molecule has 0 spiro atoms. The van der Waals surface area contributed by atoms with Gasteiger partial charge in [0.1, 0.15) is 6.61 Å². The molecule has 5 heteroatoms. The fourth-order valence-corrected chi connectivity index (χ4v) is 4.42. The van der Waals surface area contributed by atoms with E-state index in [0.29, 0.717) is 19.0 Å². The third kappa shape index (κ3) is 4.93. The third-order valence-corrected chi connectivity index (χ3v) is 6.21. The molecule has 2 aliphatic heterocycles. The summed E-state index contributed by atoms with van der Waals surface area (Å²) in [6.45, 7) is 8.16. The van der Waals surface area contributed by atoms with Crippen LogP contribution in [0, 0.1) is 17.3 Å². The average molecular weight is 455 g/mol. The van der Waals surface area contributed by atoms with Crippen LogP contribution in [0.4, 0.5) is 0 Å². The van der Waals surface area contributed by atoms with Gasteiger partial charge < -0.3 is 9.47 Å². The van der Waals surface area contributed by atoms with E-state index in [0.717, 1.165) is 53.8 Å². The van der Waals surface area contributed by atoms with Gasteiger partial charge in [-0.15, -0.1) is 0 Å². The van der Waals surface area contributed by atoms with Crippen LogP contribution in [0.15, 0.2) is 53.3 Å². The first-order valence-electron chi connectivity index (χ1n) is 12.0. The normalized spacial score (nSPS) is 16.9. The molecule has 34 heavy (non-hydrogen) atoms. The van der Waals surface area contributed by atoms with Crippen molar-refractivity contribution in [2.45, 2.75) is 52.7 Å². The van der Waals surface area contributed by atoms with E-state index in [1.807, 2.05) is 6.07 Å². The molecule has 0 saturated carbocycles. The second kappa shape index (κ2) is 9.12. The van der Waals surface area contributed by atoms with Crippen LogP contribution < -0.4 is 10.4 Å². The Labute approximate surface area is 200 Å². The number of hydrogen-bond donors (Lipinski definition) is 0. The molecule has 0 N–H and O–H groups in total. The number of rotatable bonds is 4. The molecular formula is C29H30N2O3. The summed E-state index contributed by atoms with van der Waals surface area (Å²) >= 11 is 0. The maximum Gasteiger partial charge on any atom is 0.351 e. The van der Waals surface area contributed by atoms with Crippen molar-refractivity contribution in [2.75, 3.05) is 13.2 Å². The first-order chi connectivity index (χ1) is 16.4. The van der Waals surface area contributed by atoms with Crippen LogP contribution in [0.2, 0.25) is 0 Å². The molecule has 5 rings (SSSR count). The van der Waals surface area contributed by atoms with E-state index in [1.165, 1.54) is 5.56 Å². The van der Waals surface area contributed by atoms with Crippen LogP contribution in [0.25, 0.3) is 22.4 Å². The van der Waals surface area contributed by atoms with Gasteiger partial charge in [0.2, 0.25) is 5.88 Å². The van der Waals surface area contributed by atoms with Crippen LogP contribution in [0.5, 0.6) is 5.88 Å². The lowest BCUT2D eigenvalue weighted by Gasteiger charge is -2.22. The molecule has 2 aromatic carbocycles. The van der Waals surface area contributed by atoms with Crippen LogP contribution in [0.3, 0.4) is 0 Å². The largest absolute Gasteiger partial charge is 0.475 e. The van der Waals surface area contributed by atoms with Crippen molar-refractivity contribution in [1.82, 2.24) is 9.55 Å². The molecule has 1 aromatic heterocycles. The lowest BCUT2D eigenvalue weighted by atomic mass is 9.93. The zero-order valence-corrected chi connectivity index (χ0v) is 20.1. The Hall–Kier alpha value is -3.36. The van der Waals surface area contributed by atoms with Gasteiger partial charge in [0.05, 0.1) is 11.8 Å². The summed E-state index contributed by atoms with van der Waals surface area (Å²) in [4.78, 5) is 16.8. The Morgan fingerprint density at radius 3 is 2.65 bits per heavy atom. The van der Waals surface area contributed by atoms with Gasteiger partial charge in [-0.2, -0.15) is 4.98 Å². The highest BCUT2D eigenvalue weighted by molar-refractivity contribution is 5.73.